The van der Waals surface area contributed by atoms with Crippen LogP contribution in [0.15, 0.2) is 36.5 Å². The molecular weight excluding hydrogens is 293 g/mol. The molecule has 0 radical (unpaired) electrons. The molecule has 1 aromatic carbocycles. The van der Waals surface area contributed by atoms with Crippen LogP contribution in [0.25, 0.3) is 0 Å². The van der Waals surface area contributed by atoms with Crippen LogP contribution in [0.4, 0.5) is 16.2 Å². The van der Waals surface area contributed by atoms with Crippen LogP contribution in [0.2, 0.25) is 0 Å². The fourth-order valence-corrected chi connectivity index (χ4v) is 2.12. The van der Waals surface area contributed by atoms with Crippen LogP contribution in [0.5, 0.6) is 0 Å². The number of benzene rings is 1. The first kappa shape index (κ1) is 17.1. The minimum Gasteiger partial charge on any atom is -0.370 e. The molecule has 0 fully saturated rings. The van der Waals surface area contributed by atoms with Gasteiger partial charge in [-0.15, -0.1) is 0 Å². The molecule has 124 valence electrons. The van der Waals surface area contributed by atoms with Gasteiger partial charge in [0.25, 0.3) is 0 Å². The maximum absolute atomic E-state index is 12.8. The van der Waals surface area contributed by atoms with Crippen LogP contribution in [-0.2, 0) is 6.42 Å². The van der Waals surface area contributed by atoms with E-state index in [1.807, 2.05) is 6.07 Å². The molecule has 0 saturated carbocycles. The highest BCUT2D eigenvalue weighted by molar-refractivity contribution is 5.39. The minimum absolute atomic E-state index is 0.210. The van der Waals surface area contributed by atoms with Crippen molar-refractivity contribution in [2.45, 2.75) is 12.8 Å². The van der Waals surface area contributed by atoms with Crippen molar-refractivity contribution in [1.29, 1.82) is 0 Å². The Bertz CT molecular complexity index is 586. The van der Waals surface area contributed by atoms with Gasteiger partial charge < -0.3 is 15.5 Å². The Balaban J connectivity index is 1.74. The van der Waals surface area contributed by atoms with Gasteiger partial charge in [-0.05, 0) is 57.2 Å². The maximum atomic E-state index is 12.8. The molecule has 0 aliphatic rings. The Morgan fingerprint density at radius 2 is 1.83 bits per heavy atom. The van der Waals surface area contributed by atoms with Crippen LogP contribution in [0.1, 0.15) is 12.0 Å². The average Bonchev–Trinajstić information content (AvgIpc) is 2.54. The normalized spacial score (nSPS) is 10.8. The van der Waals surface area contributed by atoms with E-state index >= 15 is 0 Å². The third kappa shape index (κ3) is 6.61. The number of anilines is 2. The predicted molar refractivity (Wildman–Crippen MR) is 92.3 cm³/mol. The molecular formula is C17H24FN5. The van der Waals surface area contributed by atoms with Gasteiger partial charge in [0.2, 0.25) is 5.95 Å². The molecule has 6 heteroatoms. The number of nitrogens with one attached hydrogen (secondary N) is 2. The highest BCUT2D eigenvalue weighted by atomic mass is 19.1. The van der Waals surface area contributed by atoms with Crippen molar-refractivity contribution in [1.82, 2.24) is 14.9 Å². The van der Waals surface area contributed by atoms with Crippen molar-refractivity contribution in [3.8, 4) is 0 Å². The SMILES string of the molecule is CN(C)CCCNc1ccnc(NCCc2ccc(F)cc2)n1. The highest BCUT2D eigenvalue weighted by Crippen LogP contribution is 2.07. The van der Waals surface area contributed by atoms with Crippen LogP contribution < -0.4 is 10.6 Å². The van der Waals surface area contributed by atoms with Crippen LogP contribution in [-0.4, -0.2) is 48.6 Å². The van der Waals surface area contributed by atoms with Crippen LogP contribution >= 0.6 is 0 Å². The summed E-state index contributed by atoms with van der Waals surface area (Å²) in [4.78, 5) is 10.8. The lowest BCUT2D eigenvalue weighted by atomic mass is 10.1. The largest absolute Gasteiger partial charge is 0.370 e. The number of hydrogen-bond acceptors (Lipinski definition) is 5. The average molecular weight is 317 g/mol. The summed E-state index contributed by atoms with van der Waals surface area (Å²) in [7, 11) is 4.13. The van der Waals surface area contributed by atoms with Gasteiger partial charge in [-0.25, -0.2) is 9.37 Å². The van der Waals surface area contributed by atoms with Crippen molar-refractivity contribution in [2.75, 3.05) is 44.4 Å². The molecule has 2 aromatic rings. The Labute approximate surface area is 137 Å². The minimum atomic E-state index is -0.210. The van der Waals surface area contributed by atoms with Crippen molar-refractivity contribution in [3.63, 3.8) is 0 Å². The van der Waals surface area contributed by atoms with Crippen molar-refractivity contribution < 1.29 is 4.39 Å². The Kier molecular flexibility index (Phi) is 6.75. The molecule has 0 aliphatic carbocycles. The topological polar surface area (TPSA) is 53.1 Å². The maximum Gasteiger partial charge on any atom is 0.224 e. The lowest BCUT2D eigenvalue weighted by Crippen LogP contribution is -2.17. The van der Waals surface area contributed by atoms with Crippen LogP contribution in [0, 0.1) is 5.82 Å². The third-order valence-electron chi connectivity index (χ3n) is 3.35. The van der Waals surface area contributed by atoms with Gasteiger partial charge in [-0.3, -0.25) is 0 Å². The standard InChI is InChI=1S/C17H24FN5/c1-23(2)13-3-10-19-16-9-12-21-17(22-16)20-11-8-14-4-6-15(18)7-5-14/h4-7,9,12H,3,8,10-11,13H2,1-2H3,(H2,19,20,21,22). The molecule has 0 unspecified atom stereocenters. The fraction of sp³-hybridized carbons (Fsp3) is 0.412. The van der Waals surface area contributed by atoms with Gasteiger partial charge in [-0.1, -0.05) is 12.1 Å². The summed E-state index contributed by atoms with van der Waals surface area (Å²) in [6.45, 7) is 2.63. The van der Waals surface area contributed by atoms with Gasteiger partial charge in [0.1, 0.15) is 11.6 Å². The first-order valence-electron chi connectivity index (χ1n) is 7.83. The smallest absolute Gasteiger partial charge is 0.224 e. The van der Waals surface area contributed by atoms with Gasteiger partial charge in [0.05, 0.1) is 0 Å². The summed E-state index contributed by atoms with van der Waals surface area (Å²) in [5.74, 6) is 1.21. The quantitative estimate of drug-likeness (QED) is 0.696. The molecule has 23 heavy (non-hydrogen) atoms. The lowest BCUT2D eigenvalue weighted by Gasteiger charge is -2.11. The van der Waals surface area contributed by atoms with Crippen molar-refractivity contribution >= 4 is 11.8 Å². The second kappa shape index (κ2) is 9.05. The van der Waals surface area contributed by atoms with E-state index in [1.165, 1.54) is 12.1 Å². The summed E-state index contributed by atoms with van der Waals surface area (Å²) >= 11 is 0. The van der Waals surface area contributed by atoms with E-state index in [2.05, 4.69) is 39.6 Å². The first-order chi connectivity index (χ1) is 11.1. The highest BCUT2D eigenvalue weighted by Gasteiger charge is 2.00. The number of nitrogens with zero attached hydrogens (tertiary/aromatic N) is 3. The Morgan fingerprint density at radius 1 is 1.04 bits per heavy atom. The molecule has 1 aromatic heterocycles. The van der Waals surface area contributed by atoms with E-state index < -0.39 is 0 Å². The van der Waals surface area contributed by atoms with Gasteiger partial charge in [0, 0.05) is 19.3 Å². The second-order valence-electron chi connectivity index (χ2n) is 5.65. The van der Waals surface area contributed by atoms with E-state index in [4.69, 9.17) is 0 Å². The third-order valence-corrected chi connectivity index (χ3v) is 3.35. The summed E-state index contributed by atoms with van der Waals surface area (Å²) in [5, 5.41) is 6.49. The van der Waals surface area contributed by atoms with Gasteiger partial charge >= 0.3 is 0 Å². The zero-order valence-electron chi connectivity index (χ0n) is 13.7. The van der Waals surface area contributed by atoms with E-state index in [-0.39, 0.29) is 5.82 Å². The summed E-state index contributed by atoms with van der Waals surface area (Å²) in [6.07, 6.45) is 3.59. The summed E-state index contributed by atoms with van der Waals surface area (Å²) in [5.41, 5.74) is 1.08. The lowest BCUT2D eigenvalue weighted by molar-refractivity contribution is 0.405. The zero-order valence-corrected chi connectivity index (χ0v) is 13.7. The summed E-state index contributed by atoms with van der Waals surface area (Å²) < 4.78 is 12.8. The Hall–Kier alpha value is -2.21. The van der Waals surface area contributed by atoms with Crippen LogP contribution in [0.3, 0.4) is 0 Å². The number of hydrogen-bond donors (Lipinski definition) is 2. The van der Waals surface area contributed by atoms with E-state index in [1.54, 1.807) is 18.3 Å². The molecule has 0 spiro atoms. The fourth-order valence-electron chi connectivity index (χ4n) is 2.12. The Morgan fingerprint density at radius 3 is 2.57 bits per heavy atom. The molecule has 2 rings (SSSR count). The predicted octanol–water partition coefficient (Wildman–Crippen LogP) is 2.63. The van der Waals surface area contributed by atoms with Gasteiger partial charge in [0.15, 0.2) is 0 Å². The number of halogens is 1. The molecule has 0 aliphatic heterocycles. The van der Waals surface area contributed by atoms with Gasteiger partial charge in [-0.2, -0.15) is 4.98 Å². The molecule has 5 nitrogen and oxygen atoms in total. The zero-order chi connectivity index (χ0) is 16.5. The van der Waals surface area contributed by atoms with E-state index in [0.717, 1.165) is 37.3 Å². The summed E-state index contributed by atoms with van der Waals surface area (Å²) in [6, 6.07) is 8.40. The number of aromatic nitrogens is 2. The van der Waals surface area contributed by atoms with Crippen molar-refractivity contribution in [2.24, 2.45) is 0 Å². The molecule has 0 atom stereocenters. The molecule has 1 heterocycles. The molecule has 0 amide bonds. The van der Waals surface area contributed by atoms with E-state index in [0.29, 0.717) is 12.5 Å². The second-order valence-corrected chi connectivity index (χ2v) is 5.65. The molecule has 0 bridgehead atoms. The van der Waals surface area contributed by atoms with Crippen molar-refractivity contribution in [3.05, 3.63) is 47.9 Å². The monoisotopic (exact) mass is 317 g/mol. The first-order valence-corrected chi connectivity index (χ1v) is 7.83. The number of rotatable bonds is 9. The van der Waals surface area contributed by atoms with E-state index in [9.17, 15) is 4.39 Å². The molecule has 2 N–H and O–H groups in total. The molecule has 0 saturated heterocycles.